The van der Waals surface area contributed by atoms with Crippen molar-refractivity contribution in [2.24, 2.45) is 4.99 Å². The van der Waals surface area contributed by atoms with Gasteiger partial charge in [-0.1, -0.05) is 17.7 Å². The fourth-order valence-corrected chi connectivity index (χ4v) is 4.97. The number of benzene rings is 1. The van der Waals surface area contributed by atoms with Crippen molar-refractivity contribution in [3.05, 3.63) is 74.7 Å². The lowest BCUT2D eigenvalue weighted by molar-refractivity contribution is 0.123. The molecule has 16 heteroatoms. The largest absolute Gasteiger partial charge is 0.450 e. The van der Waals surface area contributed by atoms with E-state index < -0.39 is 36.7 Å². The number of aliphatic imine (C=N–C) groups is 1. The number of ether oxygens (including phenoxy) is 2. The van der Waals surface area contributed by atoms with E-state index in [1.54, 1.807) is 23.8 Å². The van der Waals surface area contributed by atoms with Gasteiger partial charge < -0.3 is 30.8 Å². The molecule has 0 bridgehead atoms. The maximum Gasteiger partial charge on any atom is 0.410 e. The highest BCUT2D eigenvalue weighted by molar-refractivity contribution is 7.11. The Labute approximate surface area is 241 Å². The molecule has 0 unspecified atom stereocenters. The van der Waals surface area contributed by atoms with Crippen LogP contribution in [0, 0.1) is 11.2 Å². The van der Waals surface area contributed by atoms with Crippen LogP contribution < -0.4 is 16.0 Å². The first-order valence-electron chi connectivity index (χ1n) is 12.2. The summed E-state index contributed by atoms with van der Waals surface area (Å²) in [5, 5.41) is 18.4. The predicted octanol–water partition coefficient (Wildman–Crippen LogP) is 4.19. The lowest BCUT2D eigenvalue weighted by Crippen LogP contribution is -2.40. The molecule has 2 atom stereocenters. The molecule has 218 valence electrons. The number of hydrogen-bond donors (Lipinski definition) is 4. The summed E-state index contributed by atoms with van der Waals surface area (Å²) in [4.78, 5) is 34.7. The average molecular weight is 612 g/mol. The Morgan fingerprint density at radius 2 is 2.24 bits per heavy atom. The number of thiazole rings is 1. The van der Waals surface area contributed by atoms with Gasteiger partial charge in [0, 0.05) is 39.6 Å². The summed E-state index contributed by atoms with van der Waals surface area (Å²) in [5.74, 6) is -0.277. The zero-order valence-corrected chi connectivity index (χ0v) is 23.1. The maximum atomic E-state index is 13.9. The Kier molecular flexibility index (Phi) is 9.83. The van der Waals surface area contributed by atoms with Crippen LogP contribution >= 0.6 is 22.9 Å². The van der Waals surface area contributed by atoms with Crippen LogP contribution in [0.3, 0.4) is 0 Å². The lowest BCUT2D eigenvalue weighted by atomic mass is 9.91. The third-order valence-electron chi connectivity index (χ3n) is 5.83. The number of allylic oxidation sites excluding steroid dienone is 1. The zero-order valence-electron chi connectivity index (χ0n) is 21.5. The first-order chi connectivity index (χ1) is 19.7. The average Bonchev–Trinajstić information content (AvgIpc) is 3.57. The Bertz CT molecular complexity index is 1390. The molecule has 41 heavy (non-hydrogen) atoms. The predicted molar refractivity (Wildman–Crippen MR) is 146 cm³/mol. The van der Waals surface area contributed by atoms with Crippen LogP contribution in [-0.2, 0) is 9.47 Å². The van der Waals surface area contributed by atoms with E-state index in [1.807, 2.05) is 0 Å². The minimum Gasteiger partial charge on any atom is -0.450 e. The van der Waals surface area contributed by atoms with Crippen molar-refractivity contribution >= 4 is 46.7 Å². The standard InChI is InChI=1S/C25H25ClF3N7O4S/c1-2-39-24(37)33-10-14-11-36(25(38)40-14)12-18-19(17(30)5-6-32-23(28)29)20(15-4-3-13(27)9-16(15)26)35-21(34-18)22-31-7-8-41-22/h3-9,14,20,23,30,32H,2,10-12H2,1H3,(H,33,37)(H,34,35)/b6-5-,30-17?/t14-,20+/m1/s1. The highest BCUT2D eigenvalue weighted by atomic mass is 35.5. The van der Waals surface area contributed by atoms with Crippen molar-refractivity contribution in [1.82, 2.24) is 25.8 Å². The van der Waals surface area contributed by atoms with Gasteiger partial charge in [0.2, 0.25) is 0 Å². The highest BCUT2D eigenvalue weighted by Crippen LogP contribution is 2.37. The van der Waals surface area contributed by atoms with E-state index in [1.165, 1.54) is 28.4 Å². The molecule has 2 aromatic rings. The van der Waals surface area contributed by atoms with Gasteiger partial charge in [0.25, 0.3) is 0 Å². The van der Waals surface area contributed by atoms with E-state index in [0.717, 1.165) is 18.3 Å². The number of halogens is 4. The van der Waals surface area contributed by atoms with Crippen molar-refractivity contribution in [3.8, 4) is 0 Å². The molecule has 1 aromatic carbocycles. The molecule has 1 fully saturated rings. The number of alkyl carbamates (subject to hydrolysis) is 1. The summed E-state index contributed by atoms with van der Waals surface area (Å²) in [7, 11) is 0. The zero-order chi connectivity index (χ0) is 29.5. The molecular formula is C25H25ClF3N7O4S. The van der Waals surface area contributed by atoms with Crippen molar-refractivity contribution < 1.29 is 32.2 Å². The number of alkyl halides is 2. The van der Waals surface area contributed by atoms with E-state index >= 15 is 0 Å². The van der Waals surface area contributed by atoms with Gasteiger partial charge in [-0.15, -0.1) is 11.3 Å². The molecule has 1 saturated heterocycles. The molecule has 2 aliphatic heterocycles. The van der Waals surface area contributed by atoms with Crippen molar-refractivity contribution in [2.45, 2.75) is 25.6 Å². The number of nitrogens with zero attached hydrogens (tertiary/aromatic N) is 3. The second-order valence-corrected chi connectivity index (χ2v) is 9.90. The summed E-state index contributed by atoms with van der Waals surface area (Å²) in [5.41, 5.74) is 0.642. The number of amidine groups is 1. The van der Waals surface area contributed by atoms with Gasteiger partial charge in [-0.25, -0.2) is 19.0 Å². The van der Waals surface area contributed by atoms with Crippen LogP contribution in [0.4, 0.5) is 22.8 Å². The summed E-state index contributed by atoms with van der Waals surface area (Å²) in [6, 6.07) is 2.73. The van der Waals surface area contributed by atoms with Crippen molar-refractivity contribution in [3.63, 3.8) is 0 Å². The van der Waals surface area contributed by atoms with Gasteiger partial charge in [0.15, 0.2) is 10.8 Å². The molecule has 1 aromatic heterocycles. The van der Waals surface area contributed by atoms with Crippen LogP contribution in [0.15, 0.2) is 58.3 Å². The smallest absolute Gasteiger partial charge is 0.410 e. The molecule has 2 aliphatic rings. The molecule has 0 spiro atoms. The maximum absolute atomic E-state index is 13.9. The molecule has 0 saturated carbocycles. The van der Waals surface area contributed by atoms with Gasteiger partial charge >= 0.3 is 18.7 Å². The molecule has 11 nitrogen and oxygen atoms in total. The van der Waals surface area contributed by atoms with E-state index in [4.69, 9.17) is 31.5 Å². The van der Waals surface area contributed by atoms with Crippen molar-refractivity contribution in [2.75, 3.05) is 26.2 Å². The normalized spacial score (nSPS) is 18.8. The van der Waals surface area contributed by atoms with Gasteiger partial charge in [0.05, 0.1) is 32.0 Å². The monoisotopic (exact) mass is 611 g/mol. The van der Waals surface area contributed by atoms with Gasteiger partial charge in [-0.05, 0) is 25.1 Å². The summed E-state index contributed by atoms with van der Waals surface area (Å²) < 4.78 is 49.6. The lowest BCUT2D eigenvalue weighted by Gasteiger charge is -2.30. The Morgan fingerprint density at radius 1 is 1.44 bits per heavy atom. The number of cyclic esters (lactones) is 1. The summed E-state index contributed by atoms with van der Waals surface area (Å²) in [6.45, 7) is -1.02. The Balaban J connectivity index is 1.71. The third-order valence-corrected chi connectivity index (χ3v) is 6.94. The second kappa shape index (κ2) is 13.5. The van der Waals surface area contributed by atoms with Crippen LogP contribution in [-0.4, -0.2) is 72.5 Å². The van der Waals surface area contributed by atoms with Crippen LogP contribution in [0.25, 0.3) is 0 Å². The van der Waals surface area contributed by atoms with Crippen molar-refractivity contribution in [1.29, 1.82) is 5.41 Å². The summed E-state index contributed by atoms with van der Waals surface area (Å²) in [6.07, 6.45) is 1.60. The first-order valence-corrected chi connectivity index (χ1v) is 13.5. The molecule has 0 radical (unpaired) electrons. The van der Waals surface area contributed by atoms with Gasteiger partial charge in [-0.2, -0.15) is 8.78 Å². The molecule has 0 aliphatic carbocycles. The van der Waals surface area contributed by atoms with E-state index in [0.29, 0.717) is 22.1 Å². The molecule has 3 heterocycles. The Hall–Kier alpha value is -4.11. The minimum absolute atomic E-state index is 0.0118. The topological polar surface area (TPSA) is 141 Å². The third kappa shape index (κ3) is 7.55. The molecule has 2 amide bonds. The minimum atomic E-state index is -2.85. The fraction of sp³-hybridized carbons (Fsp3) is 0.320. The molecule has 4 rings (SSSR count). The number of amides is 2. The summed E-state index contributed by atoms with van der Waals surface area (Å²) >= 11 is 7.68. The van der Waals surface area contributed by atoms with E-state index in [-0.39, 0.29) is 42.5 Å². The number of carbonyl (C=O) groups is 2. The molecular weight excluding hydrogens is 587 g/mol. The Morgan fingerprint density at radius 3 is 2.93 bits per heavy atom. The first kappa shape index (κ1) is 29.9. The quantitative estimate of drug-likeness (QED) is 0.221. The van der Waals surface area contributed by atoms with E-state index in [2.05, 4.69) is 15.6 Å². The fourth-order valence-electron chi connectivity index (χ4n) is 4.11. The number of hydrogen-bond acceptors (Lipinski definition) is 10. The van der Waals surface area contributed by atoms with Crippen LogP contribution in [0.5, 0.6) is 0 Å². The highest BCUT2D eigenvalue weighted by Gasteiger charge is 2.36. The number of aromatic nitrogens is 1. The van der Waals surface area contributed by atoms with Gasteiger partial charge in [0.1, 0.15) is 18.0 Å². The van der Waals surface area contributed by atoms with E-state index in [9.17, 15) is 22.8 Å². The number of carbonyl (C=O) groups excluding carboxylic acids is 2. The van der Waals surface area contributed by atoms with Crippen LogP contribution in [0.1, 0.15) is 23.5 Å². The number of nitrogens with one attached hydrogen (secondary N) is 4. The van der Waals surface area contributed by atoms with Gasteiger partial charge in [-0.3, -0.25) is 9.89 Å². The number of rotatable bonds is 11. The van der Waals surface area contributed by atoms with Crippen LogP contribution in [0.2, 0.25) is 5.02 Å². The second-order valence-electron chi connectivity index (χ2n) is 8.60. The SMILES string of the molecule is CCOC(=O)NC[C@@H]1CN(CC2=C(C(=N)/C=C\NC(F)F)[C@H](c3ccc(F)cc3Cl)N=C(c3nccs3)N2)C(=O)O1. The molecule has 4 N–H and O–H groups in total.